The highest BCUT2D eigenvalue weighted by molar-refractivity contribution is 5.23. The van der Waals surface area contributed by atoms with Gasteiger partial charge in [-0.1, -0.05) is 39.0 Å². The highest BCUT2D eigenvalue weighted by atomic mass is 16.3. The zero-order valence-electron chi connectivity index (χ0n) is 10.3. The molecule has 0 amide bonds. The third kappa shape index (κ3) is 2.88. The Hall–Kier alpha value is -0.760. The Balaban J connectivity index is 1.75. The first kappa shape index (κ1) is 11.7. The van der Waals surface area contributed by atoms with E-state index >= 15 is 0 Å². The Bertz CT molecular complexity index is 305. The van der Waals surface area contributed by atoms with Crippen LogP contribution in [0.5, 0.6) is 0 Å². The van der Waals surface area contributed by atoms with E-state index in [9.17, 15) is 0 Å². The molecule has 0 radical (unpaired) electrons. The van der Waals surface area contributed by atoms with Gasteiger partial charge in [-0.25, -0.2) is 0 Å². The van der Waals surface area contributed by atoms with Crippen LogP contribution in [0.2, 0.25) is 0 Å². The lowest BCUT2D eigenvalue weighted by atomic mass is 9.98. The molecule has 2 nitrogen and oxygen atoms in total. The van der Waals surface area contributed by atoms with Gasteiger partial charge in [0.25, 0.3) is 0 Å². The van der Waals surface area contributed by atoms with Crippen LogP contribution < -0.4 is 5.32 Å². The molecule has 0 bridgehead atoms. The largest absolute Gasteiger partial charge is 0.467 e. The van der Waals surface area contributed by atoms with E-state index in [1.54, 1.807) is 0 Å². The van der Waals surface area contributed by atoms with Gasteiger partial charge in [0.2, 0.25) is 0 Å². The molecule has 1 aliphatic rings. The molecule has 0 aromatic carbocycles. The summed E-state index contributed by atoms with van der Waals surface area (Å²) in [6.07, 6.45) is 11.0. The SMILES string of the molecule is CCCCCCCC1NCCc2ccoc21. The molecule has 1 aromatic heterocycles. The van der Waals surface area contributed by atoms with E-state index in [1.807, 2.05) is 6.26 Å². The molecule has 16 heavy (non-hydrogen) atoms. The van der Waals surface area contributed by atoms with Gasteiger partial charge in [0.05, 0.1) is 12.3 Å². The first-order valence-electron chi connectivity index (χ1n) is 6.71. The topological polar surface area (TPSA) is 25.2 Å². The van der Waals surface area contributed by atoms with Crippen LogP contribution in [0, 0.1) is 0 Å². The summed E-state index contributed by atoms with van der Waals surface area (Å²) in [6, 6.07) is 2.60. The quantitative estimate of drug-likeness (QED) is 0.739. The molecule has 0 spiro atoms. The normalized spacial score (nSPS) is 19.7. The van der Waals surface area contributed by atoms with Crippen molar-refractivity contribution in [3.8, 4) is 0 Å². The first-order valence-corrected chi connectivity index (χ1v) is 6.71. The van der Waals surface area contributed by atoms with E-state index in [0.29, 0.717) is 6.04 Å². The van der Waals surface area contributed by atoms with Gasteiger partial charge in [0.15, 0.2) is 0 Å². The van der Waals surface area contributed by atoms with Crippen molar-refractivity contribution in [2.45, 2.75) is 57.9 Å². The minimum Gasteiger partial charge on any atom is -0.467 e. The van der Waals surface area contributed by atoms with E-state index in [4.69, 9.17) is 4.42 Å². The fraction of sp³-hybridized carbons (Fsp3) is 0.714. The second kappa shape index (κ2) is 6.09. The zero-order chi connectivity index (χ0) is 11.2. The maximum Gasteiger partial charge on any atom is 0.123 e. The van der Waals surface area contributed by atoms with E-state index in [2.05, 4.69) is 18.3 Å². The lowest BCUT2D eigenvalue weighted by Gasteiger charge is -2.22. The number of unbranched alkanes of at least 4 members (excludes halogenated alkanes) is 4. The number of hydrogen-bond donors (Lipinski definition) is 1. The Morgan fingerprint density at radius 2 is 2.19 bits per heavy atom. The van der Waals surface area contributed by atoms with Gasteiger partial charge in [0.1, 0.15) is 5.76 Å². The molecule has 0 aliphatic carbocycles. The second-order valence-electron chi connectivity index (χ2n) is 4.77. The number of furan rings is 1. The van der Waals surface area contributed by atoms with Crippen LogP contribution in [0.3, 0.4) is 0 Å². The highest BCUT2D eigenvalue weighted by Gasteiger charge is 2.21. The first-order chi connectivity index (χ1) is 7.92. The number of fused-ring (bicyclic) bond motifs is 1. The maximum atomic E-state index is 5.58. The fourth-order valence-corrected chi connectivity index (χ4v) is 2.52. The molecule has 1 N–H and O–H groups in total. The molecule has 0 saturated heterocycles. The summed E-state index contributed by atoms with van der Waals surface area (Å²) in [5.41, 5.74) is 1.41. The standard InChI is InChI=1S/C14H23NO/c1-2-3-4-5-6-7-13-14-12(8-10-15-13)9-11-16-14/h9,11,13,15H,2-8,10H2,1H3. The number of rotatable bonds is 6. The molecule has 1 aromatic rings. The van der Waals surface area contributed by atoms with E-state index in [1.165, 1.54) is 49.8 Å². The van der Waals surface area contributed by atoms with Crippen LogP contribution in [0.25, 0.3) is 0 Å². The minimum absolute atomic E-state index is 0.473. The molecule has 2 rings (SSSR count). The lowest BCUT2D eigenvalue weighted by molar-refractivity contribution is 0.365. The Morgan fingerprint density at radius 3 is 3.06 bits per heavy atom. The van der Waals surface area contributed by atoms with Gasteiger partial charge in [0, 0.05) is 0 Å². The summed E-state index contributed by atoms with van der Waals surface area (Å²) in [5.74, 6) is 1.20. The minimum atomic E-state index is 0.473. The van der Waals surface area contributed by atoms with Gasteiger partial charge in [-0.15, -0.1) is 0 Å². The molecule has 2 heterocycles. The predicted molar refractivity (Wildman–Crippen MR) is 66.5 cm³/mol. The van der Waals surface area contributed by atoms with Gasteiger partial charge < -0.3 is 9.73 Å². The van der Waals surface area contributed by atoms with Crippen LogP contribution in [0.1, 0.15) is 62.8 Å². The Labute approximate surface area is 98.4 Å². The molecule has 90 valence electrons. The summed E-state index contributed by atoms with van der Waals surface area (Å²) in [4.78, 5) is 0. The second-order valence-corrected chi connectivity index (χ2v) is 4.77. The highest BCUT2D eigenvalue weighted by Crippen LogP contribution is 2.27. The van der Waals surface area contributed by atoms with E-state index < -0.39 is 0 Å². The summed E-state index contributed by atoms with van der Waals surface area (Å²) in [5, 5.41) is 3.56. The third-order valence-corrected chi connectivity index (χ3v) is 3.48. The summed E-state index contributed by atoms with van der Waals surface area (Å²) < 4.78 is 5.58. The summed E-state index contributed by atoms with van der Waals surface area (Å²) in [7, 11) is 0. The van der Waals surface area contributed by atoms with Crippen molar-refractivity contribution >= 4 is 0 Å². The molecule has 1 atom stereocenters. The zero-order valence-corrected chi connectivity index (χ0v) is 10.3. The van der Waals surface area contributed by atoms with Crippen LogP contribution in [-0.2, 0) is 6.42 Å². The monoisotopic (exact) mass is 221 g/mol. The van der Waals surface area contributed by atoms with Gasteiger partial charge >= 0.3 is 0 Å². The molecule has 1 unspecified atom stereocenters. The number of nitrogens with one attached hydrogen (secondary N) is 1. The average molecular weight is 221 g/mol. The van der Waals surface area contributed by atoms with Crippen molar-refractivity contribution in [2.24, 2.45) is 0 Å². The predicted octanol–water partition coefficient (Wildman–Crippen LogP) is 3.83. The van der Waals surface area contributed by atoms with Crippen molar-refractivity contribution in [3.05, 3.63) is 23.7 Å². The van der Waals surface area contributed by atoms with Crippen molar-refractivity contribution in [2.75, 3.05) is 6.54 Å². The molecular formula is C14H23NO. The van der Waals surface area contributed by atoms with Gasteiger partial charge in [-0.3, -0.25) is 0 Å². The Morgan fingerprint density at radius 1 is 1.31 bits per heavy atom. The van der Waals surface area contributed by atoms with E-state index in [0.717, 1.165) is 13.0 Å². The number of hydrogen-bond acceptors (Lipinski definition) is 2. The van der Waals surface area contributed by atoms with Crippen LogP contribution in [0.15, 0.2) is 16.7 Å². The average Bonchev–Trinajstić information content (AvgIpc) is 2.77. The van der Waals surface area contributed by atoms with E-state index in [-0.39, 0.29) is 0 Å². The van der Waals surface area contributed by atoms with Crippen molar-refractivity contribution in [1.29, 1.82) is 0 Å². The van der Waals surface area contributed by atoms with Crippen LogP contribution in [0.4, 0.5) is 0 Å². The Kier molecular flexibility index (Phi) is 4.46. The third-order valence-electron chi connectivity index (χ3n) is 3.48. The van der Waals surface area contributed by atoms with Crippen molar-refractivity contribution < 1.29 is 4.42 Å². The van der Waals surface area contributed by atoms with Crippen LogP contribution >= 0.6 is 0 Å². The van der Waals surface area contributed by atoms with Gasteiger partial charge in [-0.05, 0) is 31.0 Å². The summed E-state index contributed by atoms with van der Waals surface area (Å²) >= 11 is 0. The molecule has 0 fully saturated rings. The maximum absolute atomic E-state index is 5.58. The fourth-order valence-electron chi connectivity index (χ4n) is 2.52. The smallest absolute Gasteiger partial charge is 0.123 e. The van der Waals surface area contributed by atoms with Gasteiger partial charge in [-0.2, -0.15) is 0 Å². The van der Waals surface area contributed by atoms with Crippen LogP contribution in [-0.4, -0.2) is 6.54 Å². The lowest BCUT2D eigenvalue weighted by Crippen LogP contribution is -2.28. The van der Waals surface area contributed by atoms with Crippen molar-refractivity contribution in [1.82, 2.24) is 5.32 Å². The molecule has 1 aliphatic heterocycles. The van der Waals surface area contributed by atoms with Crippen molar-refractivity contribution in [3.63, 3.8) is 0 Å². The molecule has 2 heteroatoms. The molecular weight excluding hydrogens is 198 g/mol. The summed E-state index contributed by atoms with van der Waals surface area (Å²) in [6.45, 7) is 3.37. The molecule has 0 saturated carbocycles.